The van der Waals surface area contributed by atoms with Crippen molar-refractivity contribution in [1.82, 2.24) is 9.88 Å². The Morgan fingerprint density at radius 2 is 1.97 bits per heavy atom. The van der Waals surface area contributed by atoms with E-state index < -0.39 is 0 Å². The molecule has 0 saturated carbocycles. The molecule has 5 rings (SSSR count). The van der Waals surface area contributed by atoms with Gasteiger partial charge in [0.1, 0.15) is 5.82 Å². The average Bonchev–Trinajstić information content (AvgIpc) is 3.24. The number of halogens is 1. The Morgan fingerprint density at radius 1 is 1.17 bits per heavy atom. The number of aliphatic hydroxyl groups is 1. The quantitative estimate of drug-likeness (QED) is 0.697. The Morgan fingerprint density at radius 3 is 2.70 bits per heavy atom. The van der Waals surface area contributed by atoms with Crippen LogP contribution in [-0.4, -0.2) is 40.1 Å². The van der Waals surface area contributed by atoms with Crippen molar-refractivity contribution in [2.24, 2.45) is 5.92 Å². The Kier molecular flexibility index (Phi) is 4.71. The summed E-state index contributed by atoms with van der Waals surface area (Å²) in [7, 11) is 0. The van der Waals surface area contributed by atoms with E-state index in [1.54, 1.807) is 36.7 Å². The van der Waals surface area contributed by atoms with E-state index >= 15 is 0 Å². The predicted molar refractivity (Wildman–Crippen MR) is 112 cm³/mol. The Bertz CT molecular complexity index is 1070. The highest BCUT2D eigenvalue weighted by Crippen LogP contribution is 2.47. The molecule has 0 radical (unpaired) electrons. The van der Waals surface area contributed by atoms with Gasteiger partial charge in [-0.05, 0) is 59.5 Å². The van der Waals surface area contributed by atoms with Crippen LogP contribution in [0.4, 0.5) is 10.1 Å². The normalized spacial score (nSPS) is 22.2. The largest absolute Gasteiger partial charge is 0.394 e. The molecular weight excluding hydrogens is 381 g/mol. The van der Waals surface area contributed by atoms with E-state index in [2.05, 4.69) is 16.4 Å². The molecule has 6 heteroatoms. The van der Waals surface area contributed by atoms with Gasteiger partial charge in [-0.2, -0.15) is 0 Å². The molecule has 0 unspecified atom stereocenters. The van der Waals surface area contributed by atoms with Crippen LogP contribution in [0.2, 0.25) is 0 Å². The Hall–Kier alpha value is -3.25. The van der Waals surface area contributed by atoms with Crippen molar-refractivity contribution in [3.05, 3.63) is 83.9 Å². The summed E-state index contributed by atoms with van der Waals surface area (Å²) in [4.78, 5) is 19.2. The first-order chi connectivity index (χ1) is 14.7. The molecule has 2 aliphatic heterocycles. The summed E-state index contributed by atoms with van der Waals surface area (Å²) in [5.74, 6) is -0.202. The zero-order chi connectivity index (χ0) is 20.7. The molecule has 1 aromatic heterocycles. The first-order valence-corrected chi connectivity index (χ1v) is 10.1. The molecule has 0 spiro atoms. The van der Waals surface area contributed by atoms with Crippen molar-refractivity contribution < 1.29 is 14.3 Å². The fourth-order valence-corrected chi connectivity index (χ4v) is 4.77. The van der Waals surface area contributed by atoms with Gasteiger partial charge in [0, 0.05) is 30.5 Å². The summed E-state index contributed by atoms with van der Waals surface area (Å²) in [5, 5.41) is 13.4. The summed E-state index contributed by atoms with van der Waals surface area (Å²) >= 11 is 0. The van der Waals surface area contributed by atoms with Crippen LogP contribution in [-0.2, 0) is 0 Å². The molecule has 2 aliphatic rings. The lowest BCUT2D eigenvalue weighted by atomic mass is 9.82. The monoisotopic (exact) mass is 403 g/mol. The number of carbonyl (C=O) groups excluding carboxylic acids is 1. The van der Waals surface area contributed by atoms with Crippen molar-refractivity contribution >= 4 is 11.6 Å². The highest BCUT2D eigenvalue weighted by Gasteiger charge is 2.45. The van der Waals surface area contributed by atoms with E-state index in [0.717, 1.165) is 28.8 Å². The number of aliphatic hydroxyl groups excluding tert-OH is 1. The lowest BCUT2D eigenvalue weighted by Crippen LogP contribution is -2.42. The molecule has 0 aliphatic carbocycles. The van der Waals surface area contributed by atoms with E-state index in [4.69, 9.17) is 0 Å². The van der Waals surface area contributed by atoms with Crippen LogP contribution in [0.15, 0.2) is 67.0 Å². The average molecular weight is 403 g/mol. The van der Waals surface area contributed by atoms with Crippen molar-refractivity contribution in [3.63, 3.8) is 0 Å². The third-order valence-corrected chi connectivity index (χ3v) is 6.22. The second-order valence-corrected chi connectivity index (χ2v) is 7.88. The fourth-order valence-electron chi connectivity index (χ4n) is 4.77. The lowest BCUT2D eigenvalue weighted by molar-refractivity contribution is 0.0700. The number of amides is 1. The molecule has 3 heterocycles. The Labute approximate surface area is 174 Å². The molecule has 30 heavy (non-hydrogen) atoms. The molecule has 2 aromatic carbocycles. The smallest absolute Gasteiger partial charge is 0.255 e. The maximum absolute atomic E-state index is 13.4. The van der Waals surface area contributed by atoms with Crippen LogP contribution >= 0.6 is 0 Å². The summed E-state index contributed by atoms with van der Waals surface area (Å²) < 4.78 is 13.4. The number of aromatic nitrogens is 1. The summed E-state index contributed by atoms with van der Waals surface area (Å²) in [6, 6.07) is 15.8. The fraction of sp³-hybridized carbons (Fsp3) is 0.250. The first-order valence-electron chi connectivity index (χ1n) is 10.1. The number of rotatable bonds is 3. The van der Waals surface area contributed by atoms with Gasteiger partial charge in [-0.15, -0.1) is 0 Å². The van der Waals surface area contributed by atoms with Crippen LogP contribution < -0.4 is 5.32 Å². The van der Waals surface area contributed by atoms with Crippen LogP contribution in [0.5, 0.6) is 0 Å². The second-order valence-electron chi connectivity index (χ2n) is 7.88. The summed E-state index contributed by atoms with van der Waals surface area (Å²) in [5.41, 5.74) is 4.40. The number of likely N-dealkylation sites (tertiary alicyclic amines) is 1. The zero-order valence-corrected chi connectivity index (χ0v) is 16.3. The molecule has 1 saturated heterocycles. The minimum Gasteiger partial charge on any atom is -0.394 e. The molecule has 2 N–H and O–H groups in total. The number of hydrogen-bond acceptors (Lipinski definition) is 4. The number of anilines is 1. The number of nitrogens with zero attached hydrogens (tertiary/aromatic N) is 2. The summed E-state index contributed by atoms with van der Waals surface area (Å²) in [6.45, 7) is 0.636. The molecule has 1 fully saturated rings. The highest BCUT2D eigenvalue weighted by molar-refractivity contribution is 5.94. The van der Waals surface area contributed by atoms with Gasteiger partial charge in [-0.1, -0.05) is 18.2 Å². The van der Waals surface area contributed by atoms with Crippen LogP contribution in [0.3, 0.4) is 0 Å². The molecule has 5 nitrogen and oxygen atoms in total. The van der Waals surface area contributed by atoms with E-state index in [0.29, 0.717) is 12.1 Å². The zero-order valence-electron chi connectivity index (χ0n) is 16.3. The van der Waals surface area contributed by atoms with E-state index in [9.17, 15) is 14.3 Å². The number of nitrogens with one attached hydrogen (secondary N) is 1. The van der Waals surface area contributed by atoms with E-state index in [1.807, 2.05) is 17.0 Å². The van der Waals surface area contributed by atoms with Gasteiger partial charge in [-0.3, -0.25) is 9.78 Å². The summed E-state index contributed by atoms with van der Waals surface area (Å²) in [6.07, 6.45) is 4.06. The van der Waals surface area contributed by atoms with Crippen molar-refractivity contribution in [2.45, 2.75) is 18.5 Å². The minimum atomic E-state index is -0.270. The predicted octanol–water partition coefficient (Wildman–Crippen LogP) is 3.88. The van der Waals surface area contributed by atoms with Gasteiger partial charge in [-0.25, -0.2) is 4.39 Å². The third-order valence-electron chi connectivity index (χ3n) is 6.22. The highest BCUT2D eigenvalue weighted by atomic mass is 19.1. The topological polar surface area (TPSA) is 65.5 Å². The van der Waals surface area contributed by atoms with Gasteiger partial charge in [0.25, 0.3) is 5.91 Å². The van der Waals surface area contributed by atoms with Crippen LogP contribution in [0.25, 0.3) is 11.1 Å². The number of carbonyl (C=O) groups is 1. The number of benzene rings is 2. The standard InChI is InChI=1S/C24H22FN3O2/c25-18-6-3-15(4-7-18)16-5-8-21-20(12-16)23-19(22(14-29)27-21)9-11-28(23)24(30)17-2-1-10-26-13-17/h1-8,10,12-13,19,22-23,27,29H,9,11,14H2/t19-,22+,23-/m1/s1. The maximum atomic E-state index is 13.4. The van der Waals surface area contributed by atoms with Crippen LogP contribution in [0, 0.1) is 11.7 Å². The molecule has 3 atom stereocenters. The molecule has 1 amide bonds. The van der Waals surface area contributed by atoms with Gasteiger partial charge in [0.2, 0.25) is 0 Å². The number of hydrogen-bond donors (Lipinski definition) is 2. The van der Waals surface area contributed by atoms with Gasteiger partial charge in [0.15, 0.2) is 0 Å². The van der Waals surface area contributed by atoms with E-state index in [1.165, 1.54) is 12.1 Å². The van der Waals surface area contributed by atoms with E-state index in [-0.39, 0.29) is 36.3 Å². The molecular formula is C24H22FN3O2. The van der Waals surface area contributed by atoms with Crippen molar-refractivity contribution in [1.29, 1.82) is 0 Å². The third kappa shape index (κ3) is 3.13. The van der Waals surface area contributed by atoms with Gasteiger partial charge < -0.3 is 15.3 Å². The SMILES string of the molecule is O=C(c1cccnc1)N1CC[C@@H]2[C@H](CO)Nc3ccc(-c4ccc(F)cc4)cc3[C@@H]21. The number of pyridine rings is 1. The second kappa shape index (κ2) is 7.54. The molecule has 0 bridgehead atoms. The van der Waals surface area contributed by atoms with Crippen LogP contribution in [0.1, 0.15) is 28.4 Å². The molecule has 3 aromatic rings. The number of fused-ring (bicyclic) bond motifs is 3. The van der Waals surface area contributed by atoms with Crippen molar-refractivity contribution in [2.75, 3.05) is 18.5 Å². The van der Waals surface area contributed by atoms with Gasteiger partial charge >= 0.3 is 0 Å². The van der Waals surface area contributed by atoms with Gasteiger partial charge in [0.05, 0.1) is 24.3 Å². The maximum Gasteiger partial charge on any atom is 0.255 e. The molecule has 152 valence electrons. The first kappa shape index (κ1) is 18.8. The lowest BCUT2D eigenvalue weighted by Gasteiger charge is -2.39. The Balaban J connectivity index is 1.57. The minimum absolute atomic E-state index is 0.00917. The van der Waals surface area contributed by atoms with Crippen molar-refractivity contribution in [3.8, 4) is 11.1 Å².